The molecule has 1 N–H and O–H groups in total. The maximum absolute atomic E-state index is 6.27. The molecule has 2 aromatic rings. The fraction of sp³-hybridized carbons (Fsp3) is 0.550. The summed E-state index contributed by atoms with van der Waals surface area (Å²) in [5, 5.41) is 3.49. The van der Waals surface area contributed by atoms with Crippen molar-refractivity contribution in [1.82, 2.24) is 19.9 Å². The molecule has 2 aliphatic heterocycles. The van der Waals surface area contributed by atoms with Gasteiger partial charge in [0.2, 0.25) is 5.95 Å². The molecule has 138 valence electrons. The molecule has 1 spiro atoms. The highest BCUT2D eigenvalue weighted by molar-refractivity contribution is 5.25. The Hall–Kier alpha value is -2.05. The number of ether oxygens (including phenoxy) is 1. The highest BCUT2D eigenvalue weighted by atomic mass is 16.5. The van der Waals surface area contributed by atoms with Crippen molar-refractivity contribution in [3.05, 3.63) is 48.0 Å². The van der Waals surface area contributed by atoms with E-state index in [0.29, 0.717) is 6.04 Å². The van der Waals surface area contributed by atoms with Crippen LogP contribution in [0, 0.1) is 6.92 Å². The number of aryl methyl sites for hydroxylation is 1. The van der Waals surface area contributed by atoms with Gasteiger partial charge in [0.05, 0.1) is 11.3 Å². The fourth-order valence-electron chi connectivity index (χ4n) is 4.07. The molecular formula is C20H27N5O. The molecule has 0 aliphatic carbocycles. The topological polar surface area (TPSA) is 63.2 Å². The van der Waals surface area contributed by atoms with E-state index >= 15 is 0 Å². The summed E-state index contributed by atoms with van der Waals surface area (Å²) < 4.78 is 6.27. The molecule has 4 heterocycles. The van der Waals surface area contributed by atoms with E-state index in [0.717, 1.165) is 57.9 Å². The number of pyridine rings is 1. The Bertz CT molecular complexity index is 715. The molecule has 4 rings (SSSR count). The monoisotopic (exact) mass is 353 g/mol. The summed E-state index contributed by atoms with van der Waals surface area (Å²) in [5.74, 6) is 0.720. The van der Waals surface area contributed by atoms with Gasteiger partial charge in [-0.15, -0.1) is 0 Å². The second kappa shape index (κ2) is 7.68. The third kappa shape index (κ3) is 4.02. The number of piperidine rings is 1. The molecule has 0 bridgehead atoms. The second-order valence-corrected chi connectivity index (χ2v) is 7.48. The molecule has 0 saturated carbocycles. The lowest BCUT2D eigenvalue weighted by Crippen LogP contribution is -2.51. The maximum Gasteiger partial charge on any atom is 0.222 e. The van der Waals surface area contributed by atoms with Crippen molar-refractivity contribution in [2.75, 3.05) is 25.0 Å². The van der Waals surface area contributed by atoms with Crippen molar-refractivity contribution >= 4 is 5.95 Å². The number of likely N-dealkylation sites (tertiary alicyclic amines) is 1. The minimum Gasteiger partial charge on any atom is -0.375 e. The van der Waals surface area contributed by atoms with Gasteiger partial charge in [-0.3, -0.25) is 9.88 Å². The summed E-state index contributed by atoms with van der Waals surface area (Å²) in [6.45, 7) is 6.00. The summed E-state index contributed by atoms with van der Waals surface area (Å²) in [4.78, 5) is 15.6. The van der Waals surface area contributed by atoms with Gasteiger partial charge in [0.1, 0.15) is 0 Å². The Kier molecular flexibility index (Phi) is 5.13. The van der Waals surface area contributed by atoms with Crippen LogP contribution in [0.2, 0.25) is 0 Å². The summed E-state index contributed by atoms with van der Waals surface area (Å²) >= 11 is 0. The Morgan fingerprint density at radius 3 is 2.69 bits per heavy atom. The van der Waals surface area contributed by atoms with E-state index < -0.39 is 0 Å². The minimum absolute atomic E-state index is 0.000355. The average molecular weight is 353 g/mol. The number of rotatable bonds is 4. The second-order valence-electron chi connectivity index (χ2n) is 7.48. The average Bonchev–Trinajstić information content (AvgIpc) is 2.67. The van der Waals surface area contributed by atoms with Gasteiger partial charge in [-0.05, 0) is 50.3 Å². The smallest absolute Gasteiger partial charge is 0.222 e. The van der Waals surface area contributed by atoms with Crippen LogP contribution >= 0.6 is 0 Å². The number of hydrogen-bond acceptors (Lipinski definition) is 6. The number of nitrogens with zero attached hydrogens (tertiary/aromatic N) is 4. The number of nitrogens with one attached hydrogen (secondary N) is 1. The summed E-state index contributed by atoms with van der Waals surface area (Å²) in [6, 6.07) is 6.37. The van der Waals surface area contributed by atoms with E-state index in [-0.39, 0.29) is 5.60 Å². The Morgan fingerprint density at radius 1 is 1.15 bits per heavy atom. The molecule has 2 aliphatic rings. The van der Waals surface area contributed by atoms with E-state index in [9.17, 15) is 0 Å². The van der Waals surface area contributed by atoms with Crippen LogP contribution in [0.25, 0.3) is 0 Å². The van der Waals surface area contributed by atoms with Crippen molar-refractivity contribution in [3.63, 3.8) is 0 Å². The van der Waals surface area contributed by atoms with Crippen LogP contribution in [0.3, 0.4) is 0 Å². The molecule has 0 unspecified atom stereocenters. The molecule has 6 heteroatoms. The van der Waals surface area contributed by atoms with Crippen molar-refractivity contribution in [2.45, 2.75) is 50.8 Å². The predicted molar refractivity (Wildman–Crippen MR) is 101 cm³/mol. The molecule has 2 fully saturated rings. The Balaban J connectivity index is 1.33. The van der Waals surface area contributed by atoms with Crippen LogP contribution in [0.1, 0.15) is 36.9 Å². The van der Waals surface area contributed by atoms with Gasteiger partial charge in [-0.2, -0.15) is 0 Å². The molecule has 6 nitrogen and oxygen atoms in total. The first-order valence-corrected chi connectivity index (χ1v) is 9.53. The van der Waals surface area contributed by atoms with E-state index in [2.05, 4.69) is 38.2 Å². The quantitative estimate of drug-likeness (QED) is 0.912. The normalized spacial score (nSPS) is 23.0. The molecule has 0 aromatic carbocycles. The third-order valence-corrected chi connectivity index (χ3v) is 5.65. The number of hydrogen-bond donors (Lipinski definition) is 1. The maximum atomic E-state index is 6.27. The lowest BCUT2D eigenvalue weighted by molar-refractivity contribution is -0.115. The molecule has 0 amide bonds. The van der Waals surface area contributed by atoms with Gasteiger partial charge in [0.15, 0.2) is 0 Å². The molecular weight excluding hydrogens is 326 g/mol. The zero-order valence-corrected chi connectivity index (χ0v) is 15.4. The number of aromatic nitrogens is 3. The lowest BCUT2D eigenvalue weighted by atomic mass is 9.82. The Labute approximate surface area is 155 Å². The van der Waals surface area contributed by atoms with Gasteiger partial charge in [-0.1, -0.05) is 6.07 Å². The van der Waals surface area contributed by atoms with Crippen LogP contribution in [-0.4, -0.2) is 51.2 Å². The zero-order chi connectivity index (χ0) is 17.8. The van der Waals surface area contributed by atoms with Gasteiger partial charge < -0.3 is 10.1 Å². The zero-order valence-electron chi connectivity index (χ0n) is 15.4. The van der Waals surface area contributed by atoms with Crippen molar-refractivity contribution < 1.29 is 4.74 Å². The Morgan fingerprint density at radius 2 is 1.92 bits per heavy atom. The van der Waals surface area contributed by atoms with Crippen molar-refractivity contribution in [2.24, 2.45) is 0 Å². The first-order chi connectivity index (χ1) is 12.7. The summed E-state index contributed by atoms with van der Waals surface area (Å²) in [7, 11) is 0. The molecule has 26 heavy (non-hydrogen) atoms. The molecule has 1 atom stereocenters. The fourth-order valence-corrected chi connectivity index (χ4v) is 4.07. The number of anilines is 1. The van der Waals surface area contributed by atoms with Crippen molar-refractivity contribution in [1.29, 1.82) is 0 Å². The van der Waals surface area contributed by atoms with Crippen LogP contribution in [0.5, 0.6) is 0 Å². The van der Waals surface area contributed by atoms with E-state index in [1.165, 1.54) is 11.3 Å². The minimum atomic E-state index is 0.000355. The van der Waals surface area contributed by atoms with Gasteiger partial charge >= 0.3 is 0 Å². The SMILES string of the molecule is Cc1cccnc1CN1CCC2(CC1)C[C@@H](Nc1ncccn1)CCO2. The first kappa shape index (κ1) is 17.4. The highest BCUT2D eigenvalue weighted by Gasteiger charge is 2.40. The van der Waals surface area contributed by atoms with E-state index in [1.807, 2.05) is 18.3 Å². The van der Waals surface area contributed by atoms with Crippen LogP contribution in [-0.2, 0) is 11.3 Å². The summed E-state index contributed by atoms with van der Waals surface area (Å²) in [6.07, 6.45) is 9.64. The molecule has 2 saturated heterocycles. The lowest BCUT2D eigenvalue weighted by Gasteiger charge is -2.46. The van der Waals surface area contributed by atoms with Crippen LogP contribution < -0.4 is 5.32 Å². The van der Waals surface area contributed by atoms with Gasteiger partial charge in [0, 0.05) is 50.9 Å². The highest BCUT2D eigenvalue weighted by Crippen LogP contribution is 2.36. The van der Waals surface area contributed by atoms with Gasteiger partial charge in [0.25, 0.3) is 0 Å². The van der Waals surface area contributed by atoms with E-state index in [4.69, 9.17) is 4.74 Å². The van der Waals surface area contributed by atoms with Crippen LogP contribution in [0.15, 0.2) is 36.8 Å². The van der Waals surface area contributed by atoms with Gasteiger partial charge in [-0.25, -0.2) is 9.97 Å². The largest absolute Gasteiger partial charge is 0.375 e. The summed E-state index contributed by atoms with van der Waals surface area (Å²) in [5.41, 5.74) is 2.46. The molecule has 0 radical (unpaired) electrons. The first-order valence-electron chi connectivity index (χ1n) is 9.53. The predicted octanol–water partition coefficient (Wildman–Crippen LogP) is 2.81. The van der Waals surface area contributed by atoms with Crippen molar-refractivity contribution in [3.8, 4) is 0 Å². The molecule has 2 aromatic heterocycles. The standard InChI is InChI=1S/C20H27N5O/c1-16-4-2-8-21-18(16)15-25-11-6-20(7-12-25)14-17(5-13-26-20)24-19-22-9-3-10-23-19/h2-4,8-10,17H,5-7,11-15H2,1H3,(H,22,23,24)/t17-/m0/s1. The van der Waals surface area contributed by atoms with E-state index in [1.54, 1.807) is 12.4 Å². The van der Waals surface area contributed by atoms with Crippen LogP contribution in [0.4, 0.5) is 5.95 Å². The third-order valence-electron chi connectivity index (χ3n) is 5.65.